The molecule has 0 saturated heterocycles. The first-order valence-electron chi connectivity index (χ1n) is 4.98. The lowest BCUT2D eigenvalue weighted by Gasteiger charge is -2.24. The van der Waals surface area contributed by atoms with E-state index in [1.54, 1.807) is 21.3 Å². The molecule has 0 atom stereocenters. The van der Waals surface area contributed by atoms with Gasteiger partial charge in [-0.15, -0.1) is 0 Å². The molecular weight excluding hydrogens is 216 g/mol. The van der Waals surface area contributed by atoms with Crippen LogP contribution in [0, 0.1) is 0 Å². The SMILES string of the molecule is CCCOCCC[Si](OC)(OC)OC.O. The van der Waals surface area contributed by atoms with Gasteiger partial charge in [-0.1, -0.05) is 6.92 Å². The fourth-order valence-electron chi connectivity index (χ4n) is 1.19. The molecule has 0 spiro atoms. The molecule has 0 rings (SSSR count). The largest absolute Gasteiger partial charge is 0.500 e. The Balaban J connectivity index is 0. The van der Waals surface area contributed by atoms with Gasteiger partial charge in [0.1, 0.15) is 0 Å². The van der Waals surface area contributed by atoms with Crippen LogP contribution in [0.4, 0.5) is 0 Å². The maximum atomic E-state index is 5.37. The van der Waals surface area contributed by atoms with E-state index in [9.17, 15) is 0 Å². The van der Waals surface area contributed by atoms with Crippen molar-refractivity contribution >= 4 is 8.80 Å². The summed E-state index contributed by atoms with van der Waals surface area (Å²) in [5.41, 5.74) is 0. The van der Waals surface area contributed by atoms with Crippen LogP contribution in [0.3, 0.4) is 0 Å². The van der Waals surface area contributed by atoms with Gasteiger partial charge in [0.2, 0.25) is 0 Å². The molecule has 5 nitrogen and oxygen atoms in total. The lowest BCUT2D eigenvalue weighted by atomic mass is 10.5. The normalized spacial score (nSPS) is 11.2. The van der Waals surface area contributed by atoms with Crippen molar-refractivity contribution in [3.8, 4) is 0 Å². The van der Waals surface area contributed by atoms with E-state index >= 15 is 0 Å². The Morgan fingerprint density at radius 2 is 1.47 bits per heavy atom. The van der Waals surface area contributed by atoms with Gasteiger partial charge in [0.05, 0.1) is 0 Å². The van der Waals surface area contributed by atoms with E-state index in [2.05, 4.69) is 6.92 Å². The Morgan fingerprint density at radius 1 is 0.933 bits per heavy atom. The third-order valence-electron chi connectivity index (χ3n) is 2.05. The summed E-state index contributed by atoms with van der Waals surface area (Å²) < 4.78 is 21.2. The third kappa shape index (κ3) is 6.99. The van der Waals surface area contributed by atoms with Crippen molar-refractivity contribution in [3.63, 3.8) is 0 Å². The molecule has 0 aliphatic carbocycles. The monoisotopic (exact) mass is 240 g/mol. The number of hydrogen-bond acceptors (Lipinski definition) is 4. The summed E-state index contributed by atoms with van der Waals surface area (Å²) in [6, 6.07) is 0.806. The summed E-state index contributed by atoms with van der Waals surface area (Å²) in [4.78, 5) is 0. The van der Waals surface area contributed by atoms with Gasteiger partial charge in [-0.05, 0) is 12.8 Å². The van der Waals surface area contributed by atoms with Crippen molar-refractivity contribution < 1.29 is 23.5 Å². The van der Waals surface area contributed by atoms with E-state index in [1.165, 1.54) is 0 Å². The van der Waals surface area contributed by atoms with E-state index in [0.717, 1.165) is 32.1 Å². The average molecular weight is 240 g/mol. The maximum Gasteiger partial charge on any atom is 0.500 e. The smallest absolute Gasteiger partial charge is 0.412 e. The topological polar surface area (TPSA) is 68.4 Å². The first-order valence-corrected chi connectivity index (χ1v) is 6.91. The molecule has 0 aliphatic rings. The fraction of sp³-hybridized carbons (Fsp3) is 1.00. The van der Waals surface area contributed by atoms with Gasteiger partial charge >= 0.3 is 8.80 Å². The van der Waals surface area contributed by atoms with E-state index in [-0.39, 0.29) is 5.48 Å². The Bertz CT molecular complexity index is 121. The van der Waals surface area contributed by atoms with Gasteiger partial charge in [-0.3, -0.25) is 0 Å². The highest BCUT2D eigenvalue weighted by molar-refractivity contribution is 6.60. The Kier molecular flexibility index (Phi) is 12.2. The highest BCUT2D eigenvalue weighted by Gasteiger charge is 2.36. The van der Waals surface area contributed by atoms with Crippen molar-refractivity contribution in [1.82, 2.24) is 0 Å². The predicted octanol–water partition coefficient (Wildman–Crippen LogP) is 0.857. The van der Waals surface area contributed by atoms with Crippen molar-refractivity contribution in [2.75, 3.05) is 34.5 Å². The van der Waals surface area contributed by atoms with Gasteiger partial charge in [-0.2, -0.15) is 0 Å². The molecule has 0 aromatic rings. The predicted molar refractivity (Wildman–Crippen MR) is 60.9 cm³/mol. The minimum absolute atomic E-state index is 0. The second-order valence-corrected chi connectivity index (χ2v) is 6.10. The molecular formula is C9H24O5Si. The van der Waals surface area contributed by atoms with E-state index < -0.39 is 8.80 Å². The van der Waals surface area contributed by atoms with Crippen molar-refractivity contribution in [2.45, 2.75) is 25.8 Å². The van der Waals surface area contributed by atoms with Crippen LogP contribution in [0.15, 0.2) is 0 Å². The molecule has 0 aromatic carbocycles. The molecule has 0 aromatic heterocycles. The first-order chi connectivity index (χ1) is 6.74. The molecule has 0 amide bonds. The molecule has 0 radical (unpaired) electrons. The first kappa shape index (κ1) is 17.4. The molecule has 15 heavy (non-hydrogen) atoms. The molecule has 0 heterocycles. The summed E-state index contributed by atoms with van der Waals surface area (Å²) >= 11 is 0. The van der Waals surface area contributed by atoms with E-state index in [0.29, 0.717) is 0 Å². The van der Waals surface area contributed by atoms with E-state index in [1.807, 2.05) is 0 Å². The zero-order valence-electron chi connectivity index (χ0n) is 10.2. The van der Waals surface area contributed by atoms with Gasteiger partial charge in [0, 0.05) is 40.6 Å². The van der Waals surface area contributed by atoms with Gasteiger partial charge in [0.15, 0.2) is 0 Å². The van der Waals surface area contributed by atoms with Crippen LogP contribution >= 0.6 is 0 Å². The highest BCUT2D eigenvalue weighted by Crippen LogP contribution is 2.14. The molecule has 0 aliphatic heterocycles. The Morgan fingerprint density at radius 3 is 1.87 bits per heavy atom. The Labute approximate surface area is 93.3 Å². The second kappa shape index (κ2) is 10.5. The molecule has 0 saturated carbocycles. The molecule has 94 valence electrons. The number of rotatable bonds is 9. The van der Waals surface area contributed by atoms with Crippen LogP contribution in [-0.4, -0.2) is 48.8 Å². The Hall–Kier alpha value is 0.0169. The fourth-order valence-corrected chi connectivity index (χ4v) is 2.88. The van der Waals surface area contributed by atoms with Crippen LogP contribution in [0.25, 0.3) is 0 Å². The van der Waals surface area contributed by atoms with E-state index in [4.69, 9.17) is 18.0 Å². The summed E-state index contributed by atoms with van der Waals surface area (Å²) in [6.07, 6.45) is 1.98. The van der Waals surface area contributed by atoms with Crippen LogP contribution < -0.4 is 0 Å². The summed E-state index contributed by atoms with van der Waals surface area (Å²) in [6.45, 7) is 3.67. The number of hydrogen-bond donors (Lipinski definition) is 0. The van der Waals surface area contributed by atoms with Gasteiger partial charge in [0.25, 0.3) is 0 Å². The standard InChI is InChI=1S/C9H22O4Si.H2O/c1-5-7-13-8-6-9-14(10-2,11-3)12-4;/h5-9H2,1-4H3;1H2. The van der Waals surface area contributed by atoms with Crippen molar-refractivity contribution in [1.29, 1.82) is 0 Å². The molecule has 2 N–H and O–H groups in total. The van der Waals surface area contributed by atoms with Gasteiger partial charge < -0.3 is 23.5 Å². The summed E-state index contributed by atoms with van der Waals surface area (Å²) in [5, 5.41) is 0. The number of ether oxygens (including phenoxy) is 1. The average Bonchev–Trinajstić information content (AvgIpc) is 2.24. The van der Waals surface area contributed by atoms with Crippen LogP contribution in [-0.2, 0) is 18.0 Å². The minimum atomic E-state index is -2.36. The van der Waals surface area contributed by atoms with Crippen molar-refractivity contribution in [2.24, 2.45) is 0 Å². The van der Waals surface area contributed by atoms with Crippen molar-refractivity contribution in [3.05, 3.63) is 0 Å². The summed E-state index contributed by atoms with van der Waals surface area (Å²) in [7, 11) is 2.54. The molecule has 0 fully saturated rings. The summed E-state index contributed by atoms with van der Waals surface area (Å²) in [5.74, 6) is 0. The zero-order chi connectivity index (χ0) is 10.9. The van der Waals surface area contributed by atoms with Crippen LogP contribution in [0.2, 0.25) is 6.04 Å². The van der Waals surface area contributed by atoms with Gasteiger partial charge in [-0.25, -0.2) is 0 Å². The lowest BCUT2D eigenvalue weighted by Crippen LogP contribution is -2.42. The molecule has 6 heteroatoms. The lowest BCUT2D eigenvalue weighted by molar-refractivity contribution is 0.107. The minimum Gasteiger partial charge on any atom is -0.412 e. The maximum absolute atomic E-state index is 5.37. The molecule has 0 unspecified atom stereocenters. The quantitative estimate of drug-likeness (QED) is 0.443. The highest BCUT2D eigenvalue weighted by atomic mass is 28.4. The zero-order valence-corrected chi connectivity index (χ0v) is 11.2. The van der Waals surface area contributed by atoms with Crippen LogP contribution in [0.5, 0.6) is 0 Å². The third-order valence-corrected chi connectivity index (χ3v) is 4.89. The second-order valence-electron chi connectivity index (χ2n) is 3.01. The molecule has 0 bridgehead atoms. The van der Waals surface area contributed by atoms with Crippen LogP contribution in [0.1, 0.15) is 19.8 Å².